The molecule has 0 aliphatic carbocycles. The van der Waals surface area contributed by atoms with E-state index in [9.17, 15) is 10.1 Å². The lowest BCUT2D eigenvalue weighted by Crippen LogP contribution is -2.12. The molecule has 0 saturated heterocycles. The van der Waals surface area contributed by atoms with E-state index >= 15 is 0 Å². The first-order valence-electron chi connectivity index (χ1n) is 10.2. The molecule has 0 amide bonds. The third-order valence-electron chi connectivity index (χ3n) is 5.24. The maximum absolute atomic E-state index is 11.1. The Kier molecular flexibility index (Phi) is 6.35. The summed E-state index contributed by atoms with van der Waals surface area (Å²) < 4.78 is 24.9. The van der Waals surface area contributed by atoms with Crippen molar-refractivity contribution in [3.63, 3.8) is 0 Å². The molecule has 0 N–H and O–H groups in total. The van der Waals surface area contributed by atoms with E-state index in [1.807, 2.05) is 30.3 Å². The predicted molar refractivity (Wildman–Crippen MR) is 124 cm³/mol. The molecule has 4 aromatic rings. The molecular formula is C23H23N5O6. The molecule has 2 aromatic carbocycles. The summed E-state index contributed by atoms with van der Waals surface area (Å²) in [5.41, 5.74) is 2.86. The Labute approximate surface area is 195 Å². The van der Waals surface area contributed by atoms with Crippen molar-refractivity contribution >= 4 is 5.82 Å². The van der Waals surface area contributed by atoms with E-state index < -0.39 is 4.92 Å². The second kappa shape index (κ2) is 9.53. The van der Waals surface area contributed by atoms with Gasteiger partial charge >= 0.3 is 5.82 Å². The average molecular weight is 465 g/mol. The molecular weight excluding hydrogens is 442 g/mol. The molecule has 0 saturated carbocycles. The number of rotatable bonds is 9. The lowest BCUT2D eigenvalue weighted by Gasteiger charge is -2.11. The first kappa shape index (κ1) is 22.6. The predicted octanol–water partition coefficient (Wildman–Crippen LogP) is 3.86. The highest BCUT2D eigenvalue weighted by Gasteiger charge is 2.20. The highest BCUT2D eigenvalue weighted by atomic mass is 16.6. The molecule has 2 aromatic heterocycles. The van der Waals surface area contributed by atoms with Crippen LogP contribution in [0.2, 0.25) is 0 Å². The Morgan fingerprint density at radius 2 is 1.44 bits per heavy atom. The summed E-state index contributed by atoms with van der Waals surface area (Å²) in [6, 6.07) is 14.2. The fourth-order valence-electron chi connectivity index (χ4n) is 3.56. The number of nitro groups is 1. The molecule has 0 fully saturated rings. The Morgan fingerprint density at radius 1 is 0.824 bits per heavy atom. The van der Waals surface area contributed by atoms with Crippen LogP contribution in [0.3, 0.4) is 0 Å². The Morgan fingerprint density at radius 3 is 2.00 bits per heavy atom. The molecule has 11 heteroatoms. The smallest absolute Gasteiger partial charge is 0.389 e. The summed E-state index contributed by atoms with van der Waals surface area (Å²) in [5.74, 6) is 2.23. The zero-order valence-electron chi connectivity index (χ0n) is 19.1. The van der Waals surface area contributed by atoms with Gasteiger partial charge in [-0.05, 0) is 35.3 Å². The van der Waals surface area contributed by atoms with Crippen LogP contribution in [-0.2, 0) is 6.67 Å². The molecule has 0 radical (unpaired) electrons. The molecule has 0 unspecified atom stereocenters. The van der Waals surface area contributed by atoms with Crippen molar-refractivity contribution in [2.75, 3.05) is 28.4 Å². The van der Waals surface area contributed by atoms with Crippen LogP contribution in [-0.4, -0.2) is 52.9 Å². The number of methoxy groups -OCH3 is 4. The van der Waals surface area contributed by atoms with Crippen molar-refractivity contribution in [2.45, 2.75) is 6.67 Å². The Bertz CT molecular complexity index is 1330. The number of hydrogen-bond acceptors (Lipinski definition) is 8. The van der Waals surface area contributed by atoms with E-state index in [-0.39, 0.29) is 12.5 Å². The molecule has 4 rings (SSSR count). The summed E-state index contributed by atoms with van der Waals surface area (Å²) in [7, 11) is 6.31. The van der Waals surface area contributed by atoms with Crippen molar-refractivity contribution in [3.05, 3.63) is 64.8 Å². The normalized spacial score (nSPS) is 10.7. The van der Waals surface area contributed by atoms with Crippen LogP contribution in [0.4, 0.5) is 5.82 Å². The number of aromatic nitrogens is 4. The van der Waals surface area contributed by atoms with E-state index in [0.29, 0.717) is 34.4 Å². The van der Waals surface area contributed by atoms with Gasteiger partial charge in [-0.2, -0.15) is 9.78 Å². The highest BCUT2D eigenvalue weighted by Crippen LogP contribution is 2.38. The summed E-state index contributed by atoms with van der Waals surface area (Å²) in [5, 5.41) is 19.8. The zero-order valence-corrected chi connectivity index (χ0v) is 19.1. The van der Waals surface area contributed by atoms with Crippen LogP contribution < -0.4 is 18.9 Å². The monoisotopic (exact) mass is 465 g/mol. The van der Waals surface area contributed by atoms with Crippen molar-refractivity contribution < 1.29 is 23.9 Å². The van der Waals surface area contributed by atoms with Gasteiger partial charge in [-0.25, -0.2) is 4.68 Å². The Hall–Kier alpha value is -4.54. The summed E-state index contributed by atoms with van der Waals surface area (Å²) in [6.45, 7) is 0.136. The molecule has 2 heterocycles. The third kappa shape index (κ3) is 4.35. The van der Waals surface area contributed by atoms with Crippen LogP contribution >= 0.6 is 0 Å². The average Bonchev–Trinajstić information content (AvgIpc) is 3.50. The number of ether oxygens (including phenoxy) is 4. The fourth-order valence-corrected chi connectivity index (χ4v) is 3.56. The van der Waals surface area contributed by atoms with Gasteiger partial charge in [0.25, 0.3) is 0 Å². The van der Waals surface area contributed by atoms with Gasteiger partial charge in [0.05, 0.1) is 57.2 Å². The van der Waals surface area contributed by atoms with Gasteiger partial charge < -0.3 is 29.1 Å². The van der Waals surface area contributed by atoms with E-state index in [1.165, 1.54) is 16.9 Å². The molecule has 34 heavy (non-hydrogen) atoms. The first-order valence-corrected chi connectivity index (χ1v) is 10.2. The number of nitrogens with zero attached hydrogens (tertiary/aromatic N) is 5. The van der Waals surface area contributed by atoms with Gasteiger partial charge in [-0.3, -0.25) is 0 Å². The Balaban J connectivity index is 1.85. The lowest BCUT2D eigenvalue weighted by atomic mass is 10.1. The number of benzene rings is 2. The van der Waals surface area contributed by atoms with Crippen molar-refractivity contribution in [3.8, 4) is 45.5 Å². The molecule has 0 aliphatic rings. The van der Waals surface area contributed by atoms with E-state index in [0.717, 1.165) is 11.1 Å². The van der Waals surface area contributed by atoms with E-state index in [2.05, 4.69) is 5.10 Å². The second-order valence-electron chi connectivity index (χ2n) is 7.16. The minimum atomic E-state index is -0.541. The third-order valence-corrected chi connectivity index (χ3v) is 5.24. The zero-order chi connectivity index (χ0) is 24.2. The van der Waals surface area contributed by atoms with Gasteiger partial charge in [0.15, 0.2) is 6.67 Å². The van der Waals surface area contributed by atoms with E-state index in [1.54, 1.807) is 45.3 Å². The standard InChI is InChI=1S/C23H23N5O6/c1-31-15-5-7-17(21(11-15)33-3)19-13-20(18-8-6-16(32-2)12-22(18)34-4)27(24-19)14-26-10-9-23(25-26)28(29)30/h5-13H,14H2,1-4H3. The number of hydrogen-bond donors (Lipinski definition) is 0. The van der Waals surface area contributed by atoms with Gasteiger partial charge in [0.2, 0.25) is 0 Å². The molecule has 0 bridgehead atoms. The quantitative estimate of drug-likeness (QED) is 0.270. The second-order valence-corrected chi connectivity index (χ2v) is 7.16. The van der Waals surface area contributed by atoms with E-state index in [4.69, 9.17) is 24.0 Å². The molecule has 0 spiro atoms. The largest absolute Gasteiger partial charge is 0.497 e. The van der Waals surface area contributed by atoms with Crippen molar-refractivity contribution in [1.82, 2.24) is 19.6 Å². The summed E-state index contributed by atoms with van der Waals surface area (Å²) >= 11 is 0. The van der Waals surface area contributed by atoms with Gasteiger partial charge in [-0.1, -0.05) is 0 Å². The van der Waals surface area contributed by atoms with Crippen LogP contribution in [0.25, 0.3) is 22.5 Å². The minimum absolute atomic E-state index is 0.136. The van der Waals surface area contributed by atoms with Gasteiger partial charge in [0.1, 0.15) is 23.0 Å². The van der Waals surface area contributed by atoms with Gasteiger partial charge in [0, 0.05) is 23.3 Å². The highest BCUT2D eigenvalue weighted by molar-refractivity contribution is 5.76. The van der Waals surface area contributed by atoms with Crippen LogP contribution in [0, 0.1) is 10.1 Å². The minimum Gasteiger partial charge on any atom is -0.497 e. The van der Waals surface area contributed by atoms with Crippen LogP contribution in [0.5, 0.6) is 23.0 Å². The molecule has 11 nitrogen and oxygen atoms in total. The fraction of sp³-hybridized carbons (Fsp3) is 0.217. The topological polar surface area (TPSA) is 116 Å². The van der Waals surface area contributed by atoms with Crippen molar-refractivity contribution in [2.24, 2.45) is 0 Å². The van der Waals surface area contributed by atoms with Crippen LogP contribution in [0.1, 0.15) is 0 Å². The first-order chi connectivity index (χ1) is 16.5. The van der Waals surface area contributed by atoms with Crippen molar-refractivity contribution in [1.29, 1.82) is 0 Å². The summed E-state index contributed by atoms with van der Waals surface area (Å²) in [4.78, 5) is 10.5. The molecule has 0 aliphatic heterocycles. The molecule has 0 atom stereocenters. The maximum Gasteiger partial charge on any atom is 0.389 e. The maximum atomic E-state index is 11.1. The molecule has 176 valence electrons. The van der Waals surface area contributed by atoms with Gasteiger partial charge in [-0.15, -0.1) is 0 Å². The summed E-state index contributed by atoms with van der Waals surface area (Å²) in [6.07, 6.45) is 1.53. The SMILES string of the molecule is COc1ccc(-c2cc(-c3ccc(OC)cc3OC)n(Cn3ccc([N+](=O)[O-])n3)n2)c(OC)c1. The lowest BCUT2D eigenvalue weighted by molar-refractivity contribution is -0.389. The van der Waals surface area contributed by atoms with Crippen LogP contribution in [0.15, 0.2) is 54.7 Å².